The minimum Gasteiger partial charge on any atom is -0.465 e. The molecule has 3 heterocycles. The Balaban J connectivity index is 1.45. The molecule has 5 N–H and O–H groups in total. The second kappa shape index (κ2) is 16.0. The zero-order valence-electron chi connectivity index (χ0n) is 31.2. The van der Waals surface area contributed by atoms with Crippen molar-refractivity contribution in [1.82, 2.24) is 34.8 Å². The van der Waals surface area contributed by atoms with Crippen molar-refractivity contribution in [3.63, 3.8) is 0 Å². The van der Waals surface area contributed by atoms with Gasteiger partial charge in [0.05, 0.1) is 5.69 Å². The third kappa shape index (κ3) is 10.0. The zero-order chi connectivity index (χ0) is 37.7. The fourth-order valence-electron chi connectivity index (χ4n) is 6.57. The van der Waals surface area contributed by atoms with Gasteiger partial charge in [-0.2, -0.15) is 0 Å². The van der Waals surface area contributed by atoms with Gasteiger partial charge in [0.2, 0.25) is 11.7 Å². The molecule has 0 radical (unpaired) electrons. The molecule has 1 unspecified atom stereocenters. The number of nitrogens with one attached hydrogen (secondary N) is 3. The fraction of sp³-hybridized carbons (Fsp3) is 0.629. The number of benzene rings is 1. The summed E-state index contributed by atoms with van der Waals surface area (Å²) in [5.41, 5.74) is 0.600. The number of carbonyl (C=O) groups excluding carboxylic acids is 2. The predicted molar refractivity (Wildman–Crippen MR) is 198 cm³/mol. The van der Waals surface area contributed by atoms with Crippen molar-refractivity contribution in [3.05, 3.63) is 40.4 Å². The van der Waals surface area contributed by atoms with Crippen molar-refractivity contribution in [1.29, 1.82) is 0 Å². The number of nitrogens with zero attached hydrogens (tertiary/aromatic N) is 6. The van der Waals surface area contributed by atoms with Gasteiger partial charge >= 0.3 is 18.2 Å². The van der Waals surface area contributed by atoms with E-state index in [1.165, 1.54) is 18.3 Å². The van der Waals surface area contributed by atoms with Gasteiger partial charge in [-0.15, -0.1) is 11.3 Å². The number of carbonyl (C=O) groups is 4. The zero-order valence-corrected chi connectivity index (χ0v) is 32.0. The number of carboxylic acid groups (broad SMARTS) is 2. The van der Waals surface area contributed by atoms with Gasteiger partial charge in [-0.05, 0) is 58.4 Å². The quantitative estimate of drug-likeness (QED) is 0.219. The lowest BCUT2D eigenvalue weighted by atomic mass is 9.82. The lowest BCUT2D eigenvalue weighted by Crippen LogP contribution is -2.76. The molecule has 1 aromatic carbocycles. The summed E-state index contributed by atoms with van der Waals surface area (Å²) in [7, 11) is 2.08. The van der Waals surface area contributed by atoms with Gasteiger partial charge < -0.3 is 35.5 Å². The Morgan fingerprint density at radius 2 is 1.43 bits per heavy atom. The van der Waals surface area contributed by atoms with Crippen LogP contribution < -0.4 is 16.0 Å². The molecule has 4 rings (SSSR count). The van der Waals surface area contributed by atoms with Gasteiger partial charge in [-0.3, -0.25) is 19.9 Å². The predicted octanol–water partition coefficient (Wildman–Crippen LogP) is 4.53. The molecule has 0 bridgehead atoms. The Kier molecular flexibility index (Phi) is 12.5. The van der Waals surface area contributed by atoms with Gasteiger partial charge in [-0.1, -0.05) is 32.9 Å². The van der Waals surface area contributed by atoms with E-state index in [9.17, 15) is 29.4 Å². The van der Waals surface area contributed by atoms with Crippen molar-refractivity contribution < 1.29 is 29.4 Å². The minimum absolute atomic E-state index is 0.117. The van der Waals surface area contributed by atoms with Crippen LogP contribution in [0.3, 0.4) is 0 Å². The van der Waals surface area contributed by atoms with Crippen molar-refractivity contribution in [2.45, 2.75) is 79.2 Å². The van der Waals surface area contributed by atoms with Gasteiger partial charge in [0, 0.05) is 87.3 Å². The highest BCUT2D eigenvalue weighted by atomic mass is 32.1. The number of aryl methyl sites for hydroxylation is 2. The molecule has 5 amide bonds. The van der Waals surface area contributed by atoms with E-state index in [-0.39, 0.29) is 11.9 Å². The highest BCUT2D eigenvalue weighted by Crippen LogP contribution is 2.39. The first-order valence-corrected chi connectivity index (χ1v) is 18.2. The molecule has 2 saturated heterocycles. The van der Waals surface area contributed by atoms with Gasteiger partial charge in [-0.25, -0.2) is 19.4 Å². The molecule has 282 valence electrons. The number of hydrogen-bond acceptors (Lipinski definition) is 9. The van der Waals surface area contributed by atoms with Gasteiger partial charge in [0.1, 0.15) is 0 Å². The van der Waals surface area contributed by atoms with Crippen LogP contribution in [0.4, 0.5) is 25.2 Å². The van der Waals surface area contributed by atoms with Gasteiger partial charge in [0.25, 0.3) is 0 Å². The second-order valence-corrected chi connectivity index (χ2v) is 16.5. The first-order valence-electron chi connectivity index (χ1n) is 17.4. The summed E-state index contributed by atoms with van der Waals surface area (Å²) < 4.78 is 0. The standard InChI is InChI=1S/C35H55N9O6S/c1-24(45)36-29-37-27(28(51-29)23-41-17-21-43(22-18-41)31(48)42-19-15-40(8)16-20-42)14-11-25-9-12-26(13-10-25)38-35(33(2,3)4,39-30(46)47)44(32(49)50)34(5,6)7/h9-10,12-13,38-39H,11,14-23H2,1-8H3,(H,46,47)(H,49,50)(H,36,37,45). The number of likely N-dealkylation sites (N-methyl/N-ethyl adjacent to an activating group) is 1. The van der Waals surface area contributed by atoms with E-state index in [1.807, 2.05) is 34.1 Å². The maximum atomic E-state index is 13.1. The molecular formula is C35H55N9O6S. The SMILES string of the molecule is CC(=O)Nc1nc(CCc2ccc(NC(NC(=O)O)(N(C(=O)O)C(C)(C)C)C(C)(C)C)cc2)c(CN2CCN(C(=O)N3CCN(C)CC3)CC2)s1. The van der Waals surface area contributed by atoms with Crippen molar-refractivity contribution >= 4 is 46.3 Å². The van der Waals surface area contributed by atoms with E-state index in [0.717, 1.165) is 60.3 Å². The largest absolute Gasteiger partial charge is 0.465 e. The third-order valence-corrected chi connectivity index (χ3v) is 10.3. The van der Waals surface area contributed by atoms with Crippen LogP contribution in [0.2, 0.25) is 0 Å². The van der Waals surface area contributed by atoms with Crippen LogP contribution in [-0.2, 0) is 24.2 Å². The molecule has 2 fully saturated rings. The van der Waals surface area contributed by atoms with Crippen LogP contribution in [0, 0.1) is 5.41 Å². The van der Waals surface area contributed by atoms with Gasteiger partial charge in [0.15, 0.2) is 5.13 Å². The number of piperazine rings is 2. The Morgan fingerprint density at radius 3 is 1.92 bits per heavy atom. The molecular weight excluding hydrogens is 675 g/mol. The second-order valence-electron chi connectivity index (χ2n) is 15.4. The molecule has 2 aliphatic rings. The smallest absolute Gasteiger partial charge is 0.411 e. The minimum atomic E-state index is -1.70. The summed E-state index contributed by atoms with van der Waals surface area (Å²) in [6.45, 7) is 18.8. The Hall–Kier alpha value is -4.15. The molecule has 0 aliphatic carbocycles. The molecule has 16 heteroatoms. The summed E-state index contributed by atoms with van der Waals surface area (Å²) in [5, 5.41) is 29.3. The maximum Gasteiger partial charge on any atom is 0.411 e. The van der Waals surface area contributed by atoms with E-state index in [4.69, 9.17) is 4.98 Å². The van der Waals surface area contributed by atoms with Crippen molar-refractivity contribution in [3.8, 4) is 0 Å². The topological polar surface area (TPSA) is 174 Å². The average molecular weight is 730 g/mol. The number of rotatable bonds is 10. The van der Waals surface area contributed by atoms with E-state index in [0.29, 0.717) is 43.3 Å². The number of amides is 5. The molecule has 1 atom stereocenters. The van der Waals surface area contributed by atoms with Crippen LogP contribution in [-0.4, -0.2) is 135 Å². The summed E-state index contributed by atoms with van der Waals surface area (Å²) in [6.07, 6.45) is -1.34. The van der Waals surface area contributed by atoms with Crippen molar-refractivity contribution in [2.24, 2.45) is 5.41 Å². The normalized spacial score (nSPS) is 17.4. The van der Waals surface area contributed by atoms with E-state index < -0.39 is 28.9 Å². The summed E-state index contributed by atoms with van der Waals surface area (Å²) in [4.78, 5) is 65.1. The Labute approximate surface area is 305 Å². The number of urea groups is 1. The molecule has 2 aliphatic heterocycles. The maximum absolute atomic E-state index is 13.1. The van der Waals surface area contributed by atoms with Crippen LogP contribution >= 0.6 is 11.3 Å². The molecule has 15 nitrogen and oxygen atoms in total. The number of hydrogen-bond donors (Lipinski definition) is 5. The van der Waals surface area contributed by atoms with E-state index in [1.54, 1.807) is 41.5 Å². The lowest BCUT2D eigenvalue weighted by molar-refractivity contribution is -0.114. The number of thiazole rings is 1. The first kappa shape index (κ1) is 39.6. The number of anilines is 2. The molecule has 1 aromatic heterocycles. The lowest BCUT2D eigenvalue weighted by Gasteiger charge is -2.55. The molecule has 0 spiro atoms. The molecule has 2 aromatic rings. The number of aromatic nitrogens is 1. The Morgan fingerprint density at radius 1 is 0.863 bits per heavy atom. The average Bonchev–Trinajstić information content (AvgIpc) is 3.39. The Bertz CT molecular complexity index is 1540. The fourth-order valence-corrected chi connectivity index (χ4v) is 7.67. The van der Waals surface area contributed by atoms with E-state index >= 15 is 0 Å². The van der Waals surface area contributed by atoms with Crippen LogP contribution in [0.5, 0.6) is 0 Å². The highest BCUT2D eigenvalue weighted by molar-refractivity contribution is 7.15. The van der Waals surface area contributed by atoms with Crippen LogP contribution in [0.15, 0.2) is 24.3 Å². The molecule has 0 saturated carbocycles. The van der Waals surface area contributed by atoms with E-state index in [2.05, 4.69) is 32.8 Å². The summed E-state index contributed by atoms with van der Waals surface area (Å²) in [5.74, 6) is -1.89. The summed E-state index contributed by atoms with van der Waals surface area (Å²) >= 11 is 1.47. The van der Waals surface area contributed by atoms with Crippen molar-refractivity contribution in [2.75, 3.05) is 70.0 Å². The first-order chi connectivity index (χ1) is 23.8. The highest BCUT2D eigenvalue weighted by Gasteiger charge is 2.54. The monoisotopic (exact) mass is 729 g/mol. The molecule has 51 heavy (non-hydrogen) atoms. The van der Waals surface area contributed by atoms with Crippen LogP contribution in [0.25, 0.3) is 0 Å². The summed E-state index contributed by atoms with van der Waals surface area (Å²) in [6, 6.07) is 7.60. The van der Waals surface area contributed by atoms with Crippen LogP contribution in [0.1, 0.15) is 64.6 Å². The third-order valence-electron chi connectivity index (χ3n) is 9.35.